The molecule has 0 aromatic heterocycles. The molecule has 0 unspecified atom stereocenters. The summed E-state index contributed by atoms with van der Waals surface area (Å²) in [5.74, 6) is 2.42. The SMILES string of the molecule is CCSCCCN(CC)CC#N. The molecular weight excluding hydrogens is 168 g/mol. The highest BCUT2D eigenvalue weighted by molar-refractivity contribution is 7.99. The lowest BCUT2D eigenvalue weighted by atomic mass is 10.4. The Morgan fingerprint density at radius 2 is 2.17 bits per heavy atom. The van der Waals surface area contributed by atoms with Gasteiger partial charge < -0.3 is 0 Å². The van der Waals surface area contributed by atoms with Crippen molar-refractivity contribution in [2.45, 2.75) is 20.3 Å². The summed E-state index contributed by atoms with van der Waals surface area (Å²) in [6.45, 7) is 6.91. The summed E-state index contributed by atoms with van der Waals surface area (Å²) in [5, 5.41) is 8.47. The predicted octanol–water partition coefficient (Wildman–Crippen LogP) is 1.98. The summed E-state index contributed by atoms with van der Waals surface area (Å²) in [6.07, 6.45) is 1.20. The first-order valence-electron chi connectivity index (χ1n) is 4.52. The van der Waals surface area contributed by atoms with Crippen LogP contribution < -0.4 is 0 Å². The van der Waals surface area contributed by atoms with E-state index in [0.29, 0.717) is 6.54 Å². The van der Waals surface area contributed by atoms with Crippen LogP contribution >= 0.6 is 11.8 Å². The summed E-state index contributed by atoms with van der Waals surface area (Å²) in [7, 11) is 0. The van der Waals surface area contributed by atoms with Crippen molar-refractivity contribution in [3.8, 4) is 6.07 Å². The van der Waals surface area contributed by atoms with Crippen molar-refractivity contribution in [1.29, 1.82) is 5.26 Å². The van der Waals surface area contributed by atoms with E-state index in [1.807, 2.05) is 11.8 Å². The molecule has 0 radical (unpaired) electrons. The fourth-order valence-corrected chi connectivity index (χ4v) is 1.61. The van der Waals surface area contributed by atoms with E-state index in [0.717, 1.165) is 13.1 Å². The van der Waals surface area contributed by atoms with Gasteiger partial charge in [0.2, 0.25) is 0 Å². The highest BCUT2D eigenvalue weighted by atomic mass is 32.2. The maximum Gasteiger partial charge on any atom is 0.0865 e. The van der Waals surface area contributed by atoms with Gasteiger partial charge in [0.1, 0.15) is 0 Å². The van der Waals surface area contributed by atoms with Crippen LogP contribution in [0, 0.1) is 11.3 Å². The van der Waals surface area contributed by atoms with Gasteiger partial charge in [-0.05, 0) is 31.0 Å². The van der Waals surface area contributed by atoms with Gasteiger partial charge in [-0.15, -0.1) is 0 Å². The van der Waals surface area contributed by atoms with Gasteiger partial charge in [-0.2, -0.15) is 17.0 Å². The minimum Gasteiger partial charge on any atom is -0.291 e. The topological polar surface area (TPSA) is 27.0 Å². The van der Waals surface area contributed by atoms with Gasteiger partial charge in [0.25, 0.3) is 0 Å². The van der Waals surface area contributed by atoms with Gasteiger partial charge in [-0.1, -0.05) is 13.8 Å². The number of nitriles is 1. The molecule has 2 nitrogen and oxygen atoms in total. The van der Waals surface area contributed by atoms with Crippen molar-refractivity contribution in [3.63, 3.8) is 0 Å². The quantitative estimate of drug-likeness (QED) is 0.449. The second-order valence-corrected chi connectivity index (χ2v) is 3.97. The van der Waals surface area contributed by atoms with Crippen molar-refractivity contribution in [3.05, 3.63) is 0 Å². The van der Waals surface area contributed by atoms with Crippen molar-refractivity contribution < 1.29 is 0 Å². The Morgan fingerprint density at radius 1 is 1.42 bits per heavy atom. The predicted molar refractivity (Wildman–Crippen MR) is 55.3 cm³/mol. The van der Waals surface area contributed by atoms with E-state index in [-0.39, 0.29) is 0 Å². The first-order chi connectivity index (χ1) is 5.85. The van der Waals surface area contributed by atoms with Crippen LogP contribution in [0.1, 0.15) is 20.3 Å². The Morgan fingerprint density at radius 3 is 2.67 bits per heavy atom. The van der Waals surface area contributed by atoms with Gasteiger partial charge in [-0.3, -0.25) is 4.90 Å². The van der Waals surface area contributed by atoms with Crippen LogP contribution in [0.4, 0.5) is 0 Å². The molecule has 0 amide bonds. The molecule has 0 spiro atoms. The summed E-state index contributed by atoms with van der Waals surface area (Å²) in [5.41, 5.74) is 0. The maximum atomic E-state index is 8.47. The van der Waals surface area contributed by atoms with Gasteiger partial charge in [0, 0.05) is 0 Å². The molecule has 0 bridgehead atoms. The number of nitrogens with zero attached hydrogens (tertiary/aromatic N) is 2. The Balaban J connectivity index is 3.26. The summed E-state index contributed by atoms with van der Waals surface area (Å²) >= 11 is 1.97. The Bertz CT molecular complexity index is 131. The molecule has 70 valence electrons. The molecule has 0 heterocycles. The zero-order valence-electron chi connectivity index (χ0n) is 8.05. The van der Waals surface area contributed by atoms with Crippen LogP contribution in [-0.2, 0) is 0 Å². The van der Waals surface area contributed by atoms with E-state index in [1.165, 1.54) is 17.9 Å². The molecule has 0 aliphatic carbocycles. The number of rotatable bonds is 7. The average Bonchev–Trinajstić information content (AvgIpc) is 2.10. The molecule has 0 saturated carbocycles. The van der Waals surface area contributed by atoms with E-state index in [2.05, 4.69) is 24.8 Å². The minimum absolute atomic E-state index is 0.577. The smallest absolute Gasteiger partial charge is 0.0865 e. The molecular formula is C9H18N2S. The van der Waals surface area contributed by atoms with Crippen LogP contribution in [0.25, 0.3) is 0 Å². The first-order valence-corrected chi connectivity index (χ1v) is 5.67. The molecule has 12 heavy (non-hydrogen) atoms. The van der Waals surface area contributed by atoms with Crippen molar-refractivity contribution in [1.82, 2.24) is 4.90 Å². The molecule has 0 fully saturated rings. The Kier molecular flexibility index (Phi) is 8.74. The normalized spacial score (nSPS) is 10.2. The van der Waals surface area contributed by atoms with Crippen molar-refractivity contribution in [2.75, 3.05) is 31.1 Å². The lowest BCUT2D eigenvalue weighted by molar-refractivity contribution is 0.324. The molecule has 0 N–H and O–H groups in total. The third-order valence-electron chi connectivity index (χ3n) is 1.71. The number of thioether (sulfide) groups is 1. The van der Waals surface area contributed by atoms with Crippen LogP contribution in [0.2, 0.25) is 0 Å². The van der Waals surface area contributed by atoms with Crippen LogP contribution in [0.15, 0.2) is 0 Å². The fourth-order valence-electron chi connectivity index (χ4n) is 0.984. The second kappa shape index (κ2) is 8.89. The first kappa shape index (κ1) is 11.8. The largest absolute Gasteiger partial charge is 0.291 e. The molecule has 0 aliphatic heterocycles. The molecule has 0 saturated heterocycles. The Labute approximate surface area is 79.9 Å². The molecule has 0 aromatic rings. The average molecular weight is 186 g/mol. The minimum atomic E-state index is 0.577. The van der Waals surface area contributed by atoms with Gasteiger partial charge >= 0.3 is 0 Å². The van der Waals surface area contributed by atoms with Gasteiger partial charge in [-0.25, -0.2) is 0 Å². The monoisotopic (exact) mass is 186 g/mol. The summed E-state index contributed by atoms with van der Waals surface area (Å²) in [6, 6.07) is 2.18. The van der Waals surface area contributed by atoms with Crippen LogP contribution in [-0.4, -0.2) is 36.0 Å². The fraction of sp³-hybridized carbons (Fsp3) is 0.889. The van der Waals surface area contributed by atoms with Crippen LogP contribution in [0.5, 0.6) is 0 Å². The van der Waals surface area contributed by atoms with E-state index < -0.39 is 0 Å². The standard InChI is InChI=1S/C9H18N2S/c1-3-11(8-6-10)7-5-9-12-4-2/h3-5,7-9H2,1-2H3. The molecule has 0 atom stereocenters. The molecule has 0 aromatic carbocycles. The summed E-state index contributed by atoms with van der Waals surface area (Å²) in [4.78, 5) is 2.18. The number of hydrogen-bond donors (Lipinski definition) is 0. The third-order valence-corrected chi connectivity index (χ3v) is 2.69. The zero-order valence-corrected chi connectivity index (χ0v) is 8.86. The van der Waals surface area contributed by atoms with Crippen LogP contribution in [0.3, 0.4) is 0 Å². The zero-order chi connectivity index (χ0) is 9.23. The van der Waals surface area contributed by atoms with E-state index in [9.17, 15) is 0 Å². The highest BCUT2D eigenvalue weighted by Gasteiger charge is 1.99. The summed E-state index contributed by atoms with van der Waals surface area (Å²) < 4.78 is 0. The molecule has 3 heteroatoms. The lowest BCUT2D eigenvalue weighted by Gasteiger charge is -2.15. The van der Waals surface area contributed by atoms with E-state index in [1.54, 1.807) is 0 Å². The van der Waals surface area contributed by atoms with E-state index >= 15 is 0 Å². The van der Waals surface area contributed by atoms with Crippen molar-refractivity contribution in [2.24, 2.45) is 0 Å². The number of hydrogen-bond acceptors (Lipinski definition) is 3. The third kappa shape index (κ3) is 6.51. The highest BCUT2D eigenvalue weighted by Crippen LogP contribution is 2.01. The Hall–Kier alpha value is -0.200. The lowest BCUT2D eigenvalue weighted by Crippen LogP contribution is -2.25. The maximum absolute atomic E-state index is 8.47. The van der Waals surface area contributed by atoms with Gasteiger partial charge in [0.15, 0.2) is 0 Å². The van der Waals surface area contributed by atoms with E-state index in [4.69, 9.17) is 5.26 Å². The molecule has 0 rings (SSSR count). The van der Waals surface area contributed by atoms with Gasteiger partial charge in [0.05, 0.1) is 12.6 Å². The second-order valence-electron chi connectivity index (χ2n) is 2.58. The van der Waals surface area contributed by atoms with Crippen molar-refractivity contribution >= 4 is 11.8 Å². The molecule has 0 aliphatic rings.